The molecular formula is C2H3O5S-. The predicted octanol–water partition coefficient (Wildman–Crippen LogP) is -1.68. The fourth-order valence-corrected chi connectivity index (χ4v) is 0.307. The van der Waals surface area contributed by atoms with Crippen molar-refractivity contribution in [2.45, 2.75) is 0 Å². The first-order valence-corrected chi connectivity index (χ1v) is 2.58. The van der Waals surface area contributed by atoms with E-state index in [0.717, 1.165) is 0 Å². The molecule has 0 aromatic heterocycles. The Hall–Kier alpha value is -0.460. The lowest BCUT2D eigenvalue weighted by Crippen LogP contribution is -2.10. The quantitative estimate of drug-likeness (QED) is 0.461. The highest BCUT2D eigenvalue weighted by atomic mass is 32.2. The summed E-state index contributed by atoms with van der Waals surface area (Å²) in [5, 5.41) is 7.84. The highest BCUT2D eigenvalue weighted by Crippen LogP contribution is 1.77. The van der Waals surface area contributed by atoms with Crippen LogP contribution in [0, 0.1) is 0 Å². The summed E-state index contributed by atoms with van der Waals surface area (Å²) in [4.78, 5) is 9.76. The van der Waals surface area contributed by atoms with E-state index in [9.17, 15) is 13.6 Å². The predicted molar refractivity (Wildman–Crippen MR) is 22.1 cm³/mol. The van der Waals surface area contributed by atoms with Crippen molar-refractivity contribution in [3.8, 4) is 0 Å². The van der Waals surface area contributed by atoms with Crippen LogP contribution in [0.4, 0.5) is 0 Å². The summed E-state index contributed by atoms with van der Waals surface area (Å²) < 4.78 is 22.3. The zero-order chi connectivity index (χ0) is 6.57. The summed E-state index contributed by atoms with van der Waals surface area (Å²) >= 11 is -2.86. The van der Waals surface area contributed by atoms with E-state index in [0.29, 0.717) is 0 Å². The molecule has 0 spiro atoms. The Kier molecular flexibility index (Phi) is 3.33. The second kappa shape index (κ2) is 3.53. The normalized spacial score (nSPS) is 12.8. The van der Waals surface area contributed by atoms with E-state index in [4.69, 9.17) is 5.11 Å². The van der Waals surface area contributed by atoms with Crippen molar-refractivity contribution in [2.75, 3.05) is 6.61 Å². The van der Waals surface area contributed by atoms with Gasteiger partial charge in [-0.15, -0.1) is 0 Å². The third-order valence-electron chi connectivity index (χ3n) is 0.290. The third kappa shape index (κ3) is 3.72. The van der Waals surface area contributed by atoms with Gasteiger partial charge in [0.1, 0.15) is 18.0 Å². The molecule has 0 radical (unpaired) electrons. The lowest BCUT2D eigenvalue weighted by Gasteiger charge is -2.01. The van der Waals surface area contributed by atoms with Crippen molar-refractivity contribution in [3.05, 3.63) is 0 Å². The van der Waals surface area contributed by atoms with Crippen LogP contribution in [0.3, 0.4) is 0 Å². The van der Waals surface area contributed by atoms with E-state index >= 15 is 0 Å². The first-order chi connectivity index (χ1) is 3.66. The standard InChI is InChI=1S/C2H4O5S/c3-1-2(4)7-8(5)6/h3H,1H2,(H,5,6)/p-1. The summed E-state index contributed by atoms with van der Waals surface area (Å²) in [6, 6.07) is 0. The molecule has 0 aromatic carbocycles. The van der Waals surface area contributed by atoms with Crippen LogP contribution in [0.5, 0.6) is 0 Å². The van der Waals surface area contributed by atoms with Gasteiger partial charge in [0.2, 0.25) is 0 Å². The maximum atomic E-state index is 9.76. The molecule has 0 aliphatic rings. The van der Waals surface area contributed by atoms with Crippen LogP contribution in [-0.2, 0) is 20.3 Å². The molecule has 0 heterocycles. The number of hydrogen-bond acceptors (Lipinski definition) is 5. The SMILES string of the molecule is O=C(CO)OS(=O)[O-]. The van der Waals surface area contributed by atoms with Crippen LogP contribution in [-0.4, -0.2) is 26.4 Å². The van der Waals surface area contributed by atoms with Gasteiger partial charge in [-0.1, -0.05) is 0 Å². The summed E-state index contributed by atoms with van der Waals surface area (Å²) in [5.41, 5.74) is 0. The van der Waals surface area contributed by atoms with Crippen LogP contribution < -0.4 is 0 Å². The zero-order valence-electron chi connectivity index (χ0n) is 3.70. The molecule has 0 saturated carbocycles. The van der Waals surface area contributed by atoms with Gasteiger partial charge in [-0.05, 0) is 0 Å². The molecule has 5 nitrogen and oxygen atoms in total. The smallest absolute Gasteiger partial charge is 0.345 e. The Balaban J connectivity index is 3.40. The summed E-state index contributed by atoms with van der Waals surface area (Å²) in [6.45, 7) is -0.923. The average molecular weight is 139 g/mol. The minimum Gasteiger partial charge on any atom is -0.740 e. The van der Waals surface area contributed by atoms with E-state index in [1.807, 2.05) is 0 Å². The maximum absolute atomic E-state index is 9.76. The molecule has 0 aliphatic heterocycles. The maximum Gasteiger partial charge on any atom is 0.345 e. The number of aliphatic hydroxyl groups excluding tert-OH is 1. The number of aliphatic hydroxyl groups is 1. The van der Waals surface area contributed by atoms with E-state index in [-0.39, 0.29) is 0 Å². The van der Waals surface area contributed by atoms with Crippen molar-refractivity contribution >= 4 is 17.3 Å². The molecule has 0 aliphatic carbocycles. The molecule has 0 bridgehead atoms. The number of carbonyl (C=O) groups excluding carboxylic acids is 1. The van der Waals surface area contributed by atoms with Crippen molar-refractivity contribution in [1.82, 2.24) is 0 Å². The van der Waals surface area contributed by atoms with Crippen LogP contribution >= 0.6 is 0 Å². The largest absolute Gasteiger partial charge is 0.740 e. The Labute approximate surface area is 47.8 Å². The molecule has 0 amide bonds. The summed E-state index contributed by atoms with van der Waals surface area (Å²) in [5.74, 6) is -1.18. The Bertz CT molecular complexity index is 109. The molecule has 8 heavy (non-hydrogen) atoms. The average Bonchev–Trinajstić information content (AvgIpc) is 1.65. The van der Waals surface area contributed by atoms with Gasteiger partial charge in [-0.25, -0.2) is 9.00 Å². The van der Waals surface area contributed by atoms with Gasteiger partial charge in [0.05, 0.1) is 0 Å². The molecule has 1 N–H and O–H groups in total. The van der Waals surface area contributed by atoms with Crippen LogP contribution in [0.25, 0.3) is 0 Å². The highest BCUT2D eigenvalue weighted by Gasteiger charge is 1.96. The van der Waals surface area contributed by atoms with Crippen molar-refractivity contribution in [3.63, 3.8) is 0 Å². The molecular weight excluding hydrogens is 136 g/mol. The molecule has 0 saturated heterocycles. The van der Waals surface area contributed by atoms with E-state index < -0.39 is 23.9 Å². The van der Waals surface area contributed by atoms with Gasteiger partial charge in [0, 0.05) is 0 Å². The molecule has 0 fully saturated rings. The molecule has 6 heteroatoms. The molecule has 1 atom stereocenters. The fourth-order valence-electron chi connectivity index (χ4n) is 0.102. The van der Waals surface area contributed by atoms with E-state index in [2.05, 4.69) is 4.18 Å². The lowest BCUT2D eigenvalue weighted by molar-refractivity contribution is -0.136. The Morgan fingerprint density at radius 3 is 2.50 bits per heavy atom. The first kappa shape index (κ1) is 7.54. The third-order valence-corrected chi connectivity index (χ3v) is 0.612. The number of carbonyl (C=O) groups is 1. The number of hydrogen-bond donors (Lipinski definition) is 1. The molecule has 1 unspecified atom stereocenters. The molecule has 0 aromatic rings. The minimum absolute atomic E-state index is 0.923. The Morgan fingerprint density at radius 2 is 2.38 bits per heavy atom. The van der Waals surface area contributed by atoms with Gasteiger partial charge in [-0.3, -0.25) is 0 Å². The van der Waals surface area contributed by atoms with Gasteiger partial charge in [0.15, 0.2) is 0 Å². The topological polar surface area (TPSA) is 86.7 Å². The monoisotopic (exact) mass is 139 g/mol. The van der Waals surface area contributed by atoms with Crippen LogP contribution in [0.15, 0.2) is 0 Å². The Morgan fingerprint density at radius 1 is 1.88 bits per heavy atom. The second-order valence-corrected chi connectivity index (χ2v) is 1.39. The van der Waals surface area contributed by atoms with E-state index in [1.165, 1.54) is 0 Å². The molecule has 48 valence electrons. The van der Waals surface area contributed by atoms with Gasteiger partial charge >= 0.3 is 5.97 Å². The van der Waals surface area contributed by atoms with Crippen LogP contribution in [0.2, 0.25) is 0 Å². The van der Waals surface area contributed by atoms with Gasteiger partial charge < -0.3 is 13.8 Å². The van der Waals surface area contributed by atoms with E-state index in [1.54, 1.807) is 0 Å². The second-order valence-electron chi connectivity index (χ2n) is 0.818. The lowest BCUT2D eigenvalue weighted by atomic mass is 10.8. The van der Waals surface area contributed by atoms with Gasteiger partial charge in [0.25, 0.3) is 0 Å². The fraction of sp³-hybridized carbons (Fsp3) is 0.500. The zero-order valence-corrected chi connectivity index (χ0v) is 4.51. The highest BCUT2D eigenvalue weighted by molar-refractivity contribution is 7.74. The minimum atomic E-state index is -2.86. The number of rotatable bonds is 2. The van der Waals surface area contributed by atoms with Crippen molar-refractivity contribution < 1.29 is 22.8 Å². The summed E-state index contributed by atoms with van der Waals surface area (Å²) in [6.07, 6.45) is 0. The van der Waals surface area contributed by atoms with Crippen LogP contribution in [0.1, 0.15) is 0 Å². The molecule has 0 rings (SSSR count). The summed E-state index contributed by atoms with van der Waals surface area (Å²) in [7, 11) is 0. The van der Waals surface area contributed by atoms with Crippen molar-refractivity contribution in [1.29, 1.82) is 0 Å². The first-order valence-electron chi connectivity index (χ1n) is 1.58. The van der Waals surface area contributed by atoms with Gasteiger partial charge in [-0.2, -0.15) is 0 Å². The van der Waals surface area contributed by atoms with Crippen molar-refractivity contribution in [2.24, 2.45) is 0 Å².